The third-order valence-electron chi connectivity index (χ3n) is 4.45. The number of rotatable bonds is 9. The van der Waals surface area contributed by atoms with Gasteiger partial charge in [-0.25, -0.2) is 0 Å². The molecule has 0 bridgehead atoms. The molecule has 0 aromatic heterocycles. The fourth-order valence-corrected chi connectivity index (χ4v) is 2.89. The van der Waals surface area contributed by atoms with Crippen molar-refractivity contribution >= 4 is 17.5 Å². The van der Waals surface area contributed by atoms with Crippen LogP contribution in [0.4, 0.5) is 5.69 Å². The molecule has 26 heavy (non-hydrogen) atoms. The monoisotopic (exact) mass is 362 g/mol. The minimum absolute atomic E-state index is 0.0373. The molecule has 7 nitrogen and oxygen atoms in total. The molecule has 2 amide bonds. The first-order valence-corrected chi connectivity index (χ1v) is 9.34. The van der Waals surface area contributed by atoms with Crippen LogP contribution in [0.2, 0.25) is 0 Å². The molecular formula is C19H30N4O3. The van der Waals surface area contributed by atoms with Gasteiger partial charge in [0.15, 0.2) is 0 Å². The topological polar surface area (TPSA) is 82.7 Å². The largest absolute Gasteiger partial charge is 0.378 e. The van der Waals surface area contributed by atoms with Crippen molar-refractivity contribution in [3.8, 4) is 0 Å². The number of carbonyl (C=O) groups is 2. The SMILES string of the molecule is CCN(CC)CCNC(=O)c1cccc(NC(=O)CC2COCCN2)c1. The van der Waals surface area contributed by atoms with E-state index in [2.05, 4.69) is 34.7 Å². The summed E-state index contributed by atoms with van der Waals surface area (Å²) in [4.78, 5) is 26.7. The predicted octanol–water partition coefficient (Wildman–Crippen LogP) is 1.08. The third kappa shape index (κ3) is 6.74. The van der Waals surface area contributed by atoms with Gasteiger partial charge in [-0.05, 0) is 31.3 Å². The molecule has 0 radical (unpaired) electrons. The number of likely N-dealkylation sites (N-methyl/N-ethyl adjacent to an activating group) is 1. The van der Waals surface area contributed by atoms with Crippen molar-refractivity contribution in [1.29, 1.82) is 0 Å². The zero-order chi connectivity index (χ0) is 18.8. The van der Waals surface area contributed by atoms with E-state index < -0.39 is 0 Å². The highest BCUT2D eigenvalue weighted by atomic mass is 16.5. The Morgan fingerprint density at radius 2 is 2.12 bits per heavy atom. The lowest BCUT2D eigenvalue weighted by atomic mass is 10.1. The van der Waals surface area contributed by atoms with Crippen LogP contribution in [0.3, 0.4) is 0 Å². The summed E-state index contributed by atoms with van der Waals surface area (Å²) in [7, 11) is 0. The van der Waals surface area contributed by atoms with Crippen molar-refractivity contribution in [3.63, 3.8) is 0 Å². The molecule has 1 aromatic rings. The van der Waals surface area contributed by atoms with E-state index in [1.807, 2.05) is 0 Å². The number of nitrogens with zero attached hydrogens (tertiary/aromatic N) is 1. The van der Waals surface area contributed by atoms with Crippen molar-refractivity contribution < 1.29 is 14.3 Å². The van der Waals surface area contributed by atoms with Gasteiger partial charge in [0.1, 0.15) is 0 Å². The summed E-state index contributed by atoms with van der Waals surface area (Å²) in [5, 5.41) is 9.03. The van der Waals surface area contributed by atoms with Gasteiger partial charge in [-0.1, -0.05) is 19.9 Å². The van der Waals surface area contributed by atoms with Gasteiger partial charge in [-0.15, -0.1) is 0 Å². The lowest BCUT2D eigenvalue weighted by Crippen LogP contribution is -2.43. The van der Waals surface area contributed by atoms with Crippen LogP contribution in [0, 0.1) is 0 Å². The summed E-state index contributed by atoms with van der Waals surface area (Å²) in [6, 6.07) is 7.05. The number of morpholine rings is 1. The molecule has 1 aliphatic heterocycles. The summed E-state index contributed by atoms with van der Waals surface area (Å²) in [5.74, 6) is -0.220. The number of amides is 2. The Hall–Kier alpha value is -1.96. The summed E-state index contributed by atoms with van der Waals surface area (Å²) >= 11 is 0. The molecule has 1 atom stereocenters. The molecule has 1 fully saturated rings. The molecule has 144 valence electrons. The Bertz CT molecular complexity index is 584. The van der Waals surface area contributed by atoms with Crippen LogP contribution < -0.4 is 16.0 Å². The number of carbonyl (C=O) groups excluding carboxylic acids is 2. The molecule has 1 unspecified atom stereocenters. The van der Waals surface area contributed by atoms with E-state index in [4.69, 9.17) is 4.74 Å². The van der Waals surface area contributed by atoms with Crippen LogP contribution in [0.15, 0.2) is 24.3 Å². The van der Waals surface area contributed by atoms with Crippen molar-refractivity contribution in [3.05, 3.63) is 29.8 Å². The van der Waals surface area contributed by atoms with Gasteiger partial charge < -0.3 is 25.6 Å². The second-order valence-electron chi connectivity index (χ2n) is 6.34. The molecular weight excluding hydrogens is 332 g/mol. The normalized spacial score (nSPS) is 17.1. The Kier molecular flexibility index (Phi) is 8.53. The number of anilines is 1. The van der Waals surface area contributed by atoms with E-state index in [1.165, 1.54) is 0 Å². The maximum atomic E-state index is 12.3. The van der Waals surface area contributed by atoms with Crippen LogP contribution in [0.1, 0.15) is 30.6 Å². The average Bonchev–Trinajstić information content (AvgIpc) is 2.66. The van der Waals surface area contributed by atoms with Crippen LogP contribution in [-0.4, -0.2) is 68.7 Å². The maximum absolute atomic E-state index is 12.3. The van der Waals surface area contributed by atoms with Gasteiger partial charge in [-0.2, -0.15) is 0 Å². The first kappa shape index (κ1) is 20.4. The number of ether oxygens (including phenoxy) is 1. The highest BCUT2D eigenvalue weighted by Crippen LogP contribution is 2.12. The minimum atomic E-state index is -0.129. The highest BCUT2D eigenvalue weighted by Gasteiger charge is 2.17. The second kappa shape index (κ2) is 10.9. The Morgan fingerprint density at radius 1 is 1.31 bits per heavy atom. The van der Waals surface area contributed by atoms with Crippen molar-refractivity contribution in [2.24, 2.45) is 0 Å². The van der Waals surface area contributed by atoms with E-state index in [9.17, 15) is 9.59 Å². The first-order valence-electron chi connectivity index (χ1n) is 9.34. The molecule has 0 saturated carbocycles. The second-order valence-corrected chi connectivity index (χ2v) is 6.34. The standard InChI is InChI=1S/C19H30N4O3/c1-3-23(4-2)10-8-21-19(25)15-6-5-7-16(12-15)22-18(24)13-17-14-26-11-9-20-17/h5-7,12,17,20H,3-4,8-11,13-14H2,1-2H3,(H,21,25)(H,22,24). The Morgan fingerprint density at radius 3 is 2.81 bits per heavy atom. The van der Waals surface area contributed by atoms with Crippen LogP contribution in [0.5, 0.6) is 0 Å². The average molecular weight is 362 g/mol. The number of hydrogen-bond donors (Lipinski definition) is 3. The van der Waals surface area contributed by atoms with Gasteiger partial charge in [0.05, 0.1) is 13.2 Å². The van der Waals surface area contributed by atoms with Crippen molar-refractivity contribution in [2.75, 3.05) is 51.3 Å². The fraction of sp³-hybridized carbons (Fsp3) is 0.579. The van der Waals surface area contributed by atoms with Gasteiger partial charge >= 0.3 is 0 Å². The van der Waals surface area contributed by atoms with Crippen molar-refractivity contribution in [2.45, 2.75) is 26.3 Å². The Labute approximate surface area is 155 Å². The van der Waals surface area contributed by atoms with Crippen LogP contribution in [0.25, 0.3) is 0 Å². The zero-order valence-electron chi connectivity index (χ0n) is 15.7. The van der Waals surface area contributed by atoms with Crippen LogP contribution in [-0.2, 0) is 9.53 Å². The third-order valence-corrected chi connectivity index (χ3v) is 4.45. The van der Waals surface area contributed by atoms with E-state index in [-0.39, 0.29) is 17.9 Å². The summed E-state index contributed by atoms with van der Waals surface area (Å²) < 4.78 is 5.36. The smallest absolute Gasteiger partial charge is 0.251 e. The molecule has 1 saturated heterocycles. The number of nitrogens with one attached hydrogen (secondary N) is 3. The molecule has 0 spiro atoms. The fourth-order valence-electron chi connectivity index (χ4n) is 2.89. The quantitative estimate of drug-likeness (QED) is 0.612. The molecule has 1 heterocycles. The van der Waals surface area contributed by atoms with E-state index in [1.54, 1.807) is 24.3 Å². The minimum Gasteiger partial charge on any atom is -0.378 e. The highest BCUT2D eigenvalue weighted by molar-refractivity contribution is 5.97. The summed E-state index contributed by atoms with van der Waals surface area (Å²) in [6.45, 7) is 9.56. The summed E-state index contributed by atoms with van der Waals surface area (Å²) in [5.41, 5.74) is 1.17. The van der Waals surface area contributed by atoms with Gasteiger partial charge in [0.2, 0.25) is 5.91 Å². The molecule has 1 aliphatic rings. The Balaban J connectivity index is 1.82. The van der Waals surface area contributed by atoms with E-state index in [0.717, 1.165) is 26.2 Å². The molecule has 1 aromatic carbocycles. The molecule has 2 rings (SSSR count). The molecule has 3 N–H and O–H groups in total. The van der Waals surface area contributed by atoms with E-state index >= 15 is 0 Å². The van der Waals surface area contributed by atoms with Gasteiger partial charge in [0, 0.05) is 43.3 Å². The number of benzene rings is 1. The van der Waals surface area contributed by atoms with Gasteiger partial charge in [-0.3, -0.25) is 9.59 Å². The molecule has 0 aliphatic carbocycles. The van der Waals surface area contributed by atoms with Gasteiger partial charge in [0.25, 0.3) is 5.91 Å². The maximum Gasteiger partial charge on any atom is 0.251 e. The predicted molar refractivity (Wildman–Crippen MR) is 102 cm³/mol. The lowest BCUT2D eigenvalue weighted by Gasteiger charge is -2.23. The summed E-state index contributed by atoms with van der Waals surface area (Å²) in [6.07, 6.45) is 0.348. The van der Waals surface area contributed by atoms with Crippen molar-refractivity contribution in [1.82, 2.24) is 15.5 Å². The first-order chi connectivity index (χ1) is 12.6. The molecule has 7 heteroatoms. The lowest BCUT2D eigenvalue weighted by molar-refractivity contribution is -0.117. The number of hydrogen-bond acceptors (Lipinski definition) is 5. The van der Waals surface area contributed by atoms with E-state index in [0.29, 0.717) is 37.4 Å². The zero-order valence-corrected chi connectivity index (χ0v) is 15.7. The van der Waals surface area contributed by atoms with Crippen LogP contribution >= 0.6 is 0 Å².